The molecule has 0 aliphatic carbocycles. The Kier molecular flexibility index (Phi) is 12.0. The van der Waals surface area contributed by atoms with Crippen LogP contribution >= 0.6 is 0 Å². The number of H-pyrrole nitrogens is 1. The van der Waals surface area contributed by atoms with E-state index in [2.05, 4.69) is 37.8 Å². The average molecular weight is 673 g/mol. The number of carbonyl (C=O) groups excluding carboxylic acids is 5. The first kappa shape index (κ1) is 35.6. The van der Waals surface area contributed by atoms with Crippen molar-refractivity contribution in [2.24, 2.45) is 0 Å². The van der Waals surface area contributed by atoms with E-state index in [1.54, 1.807) is 6.92 Å². The van der Waals surface area contributed by atoms with E-state index in [4.69, 9.17) is 0 Å². The van der Waals surface area contributed by atoms with Gasteiger partial charge in [-0.25, -0.2) is 0 Å². The van der Waals surface area contributed by atoms with Gasteiger partial charge in [-0.05, 0) is 50.7 Å². The third-order valence-electron chi connectivity index (χ3n) is 9.50. The van der Waals surface area contributed by atoms with Crippen molar-refractivity contribution in [3.05, 3.63) is 71.9 Å². The van der Waals surface area contributed by atoms with Gasteiger partial charge in [0.05, 0.1) is 13.1 Å². The maximum atomic E-state index is 14.1. The fourth-order valence-corrected chi connectivity index (χ4v) is 6.38. The Bertz CT molecular complexity index is 1630. The molecule has 1 aromatic heterocycles. The van der Waals surface area contributed by atoms with Crippen LogP contribution in [-0.2, 0) is 36.8 Å². The number of aromatic nitrogens is 1. The fourth-order valence-electron chi connectivity index (χ4n) is 6.38. The molecule has 0 radical (unpaired) electrons. The van der Waals surface area contributed by atoms with E-state index in [9.17, 15) is 24.0 Å². The smallest absolute Gasteiger partial charge is 0.245 e. The number of hydrogen-bond acceptors (Lipinski definition) is 7. The van der Waals surface area contributed by atoms with Crippen LogP contribution in [0.25, 0.3) is 10.9 Å². The first-order chi connectivity index (χ1) is 23.6. The van der Waals surface area contributed by atoms with Crippen molar-refractivity contribution in [3.63, 3.8) is 0 Å². The molecule has 3 heterocycles. The Hall–Kier alpha value is -4.75. The monoisotopic (exact) mass is 672 g/mol. The van der Waals surface area contributed by atoms with Gasteiger partial charge in [0.15, 0.2) is 0 Å². The lowest BCUT2D eigenvalue weighted by atomic mass is 10.0. The van der Waals surface area contributed by atoms with Crippen LogP contribution in [0.4, 0.5) is 0 Å². The number of amides is 5. The lowest BCUT2D eigenvalue weighted by molar-refractivity contribution is -0.142. The first-order valence-electron chi connectivity index (χ1n) is 17.0. The summed E-state index contributed by atoms with van der Waals surface area (Å²) < 4.78 is 0. The lowest BCUT2D eigenvalue weighted by Crippen LogP contribution is -2.57. The van der Waals surface area contributed by atoms with Gasteiger partial charge in [0.1, 0.15) is 18.1 Å². The summed E-state index contributed by atoms with van der Waals surface area (Å²) in [5.74, 6) is -2.13. The Morgan fingerprint density at radius 2 is 1.57 bits per heavy atom. The van der Waals surface area contributed by atoms with Crippen molar-refractivity contribution in [2.75, 3.05) is 66.5 Å². The predicted molar refractivity (Wildman–Crippen MR) is 186 cm³/mol. The number of hydrogen-bond donors (Lipinski definition) is 4. The average Bonchev–Trinajstić information content (AvgIpc) is 3.39. The topological polar surface area (TPSA) is 150 Å². The van der Waals surface area contributed by atoms with E-state index >= 15 is 0 Å². The summed E-state index contributed by atoms with van der Waals surface area (Å²) in [4.78, 5) is 78.8. The van der Waals surface area contributed by atoms with E-state index in [1.165, 1.54) is 16.8 Å². The van der Waals surface area contributed by atoms with Crippen molar-refractivity contribution < 1.29 is 24.0 Å². The number of fused-ring (bicyclic) bond motifs is 1. The molecule has 2 aliphatic heterocycles. The van der Waals surface area contributed by atoms with Crippen LogP contribution in [0.1, 0.15) is 24.5 Å². The molecule has 2 fully saturated rings. The summed E-state index contributed by atoms with van der Waals surface area (Å²) >= 11 is 0. The maximum absolute atomic E-state index is 14.1. The summed E-state index contributed by atoms with van der Waals surface area (Å²) in [6, 6.07) is 14.1. The summed E-state index contributed by atoms with van der Waals surface area (Å²) in [6.45, 7) is 4.87. The molecule has 0 bridgehead atoms. The number of rotatable bonds is 6. The van der Waals surface area contributed by atoms with Gasteiger partial charge in [-0.2, -0.15) is 0 Å². The van der Waals surface area contributed by atoms with Crippen LogP contribution in [0.3, 0.4) is 0 Å². The molecule has 13 heteroatoms. The Balaban J connectivity index is 1.42. The highest BCUT2D eigenvalue weighted by Crippen LogP contribution is 2.20. The summed E-state index contributed by atoms with van der Waals surface area (Å²) in [6.07, 6.45) is 3.14. The van der Waals surface area contributed by atoms with Crippen molar-refractivity contribution in [2.45, 2.75) is 44.3 Å². The third kappa shape index (κ3) is 9.45. The molecule has 3 aromatic rings. The van der Waals surface area contributed by atoms with Gasteiger partial charge in [-0.1, -0.05) is 48.5 Å². The first-order valence-corrected chi connectivity index (χ1v) is 17.0. The minimum Gasteiger partial charge on any atom is -0.361 e. The van der Waals surface area contributed by atoms with E-state index < -0.39 is 41.8 Å². The van der Waals surface area contributed by atoms with Crippen LogP contribution in [0, 0.1) is 0 Å². The zero-order valence-electron chi connectivity index (χ0n) is 28.6. The number of benzene rings is 2. The molecule has 3 atom stereocenters. The zero-order valence-corrected chi connectivity index (χ0v) is 28.6. The Labute approximate surface area is 287 Å². The minimum absolute atomic E-state index is 0.0783. The highest BCUT2D eigenvalue weighted by atomic mass is 16.2. The minimum atomic E-state index is -1.02. The van der Waals surface area contributed by atoms with Gasteiger partial charge in [-0.15, -0.1) is 0 Å². The number of nitrogens with one attached hydrogen (secondary N) is 4. The van der Waals surface area contributed by atoms with Gasteiger partial charge in [0, 0.05) is 63.2 Å². The van der Waals surface area contributed by atoms with Crippen LogP contribution in [0.15, 0.2) is 60.8 Å². The molecule has 5 amide bonds. The second-order valence-electron chi connectivity index (χ2n) is 13.1. The molecular weight excluding hydrogens is 624 g/mol. The predicted octanol–water partition coefficient (Wildman–Crippen LogP) is 0.366. The molecule has 0 unspecified atom stereocenters. The highest BCUT2D eigenvalue weighted by molar-refractivity contribution is 5.95. The van der Waals surface area contributed by atoms with Gasteiger partial charge >= 0.3 is 0 Å². The van der Waals surface area contributed by atoms with Crippen LogP contribution in [0.2, 0.25) is 0 Å². The number of carbonyl (C=O) groups is 5. The van der Waals surface area contributed by atoms with Gasteiger partial charge in [0.25, 0.3) is 0 Å². The maximum Gasteiger partial charge on any atom is 0.245 e. The Morgan fingerprint density at radius 1 is 0.816 bits per heavy atom. The van der Waals surface area contributed by atoms with Crippen LogP contribution in [-0.4, -0.2) is 139 Å². The number of aromatic amines is 1. The number of likely N-dealkylation sites (N-methyl/N-ethyl adjacent to an activating group) is 2. The highest BCUT2D eigenvalue weighted by Gasteiger charge is 2.33. The summed E-state index contributed by atoms with van der Waals surface area (Å²) in [7, 11) is 3.57. The molecule has 0 saturated carbocycles. The standard InChI is InChI=1S/C36H48N8O5/c1-25-34(47)40-30(20-26-10-5-4-6-11-26)35(48)37-14-17-44(33(46)24-43-16-9-15-41(2)18-19-43)23-32(45)39-31(36(49)42(25)3)21-27-22-38-29-13-8-7-12-28(27)29/h4-8,10-13,22,25,30-31,38H,9,14-21,23-24H2,1-3H3,(H,37,48)(H,39,45)(H,40,47)/t25-,30-,31-/m0/s1. The SMILES string of the molecule is C[C@H]1C(=O)N[C@@H](Cc2ccccc2)C(=O)NCCN(C(=O)CN2CCCN(C)CC2)CC(=O)N[C@@H](Cc2c[nH]c3ccccc23)C(=O)N1C. The van der Waals surface area contributed by atoms with E-state index in [1.807, 2.05) is 60.8 Å². The van der Waals surface area contributed by atoms with Crippen LogP contribution < -0.4 is 16.0 Å². The largest absolute Gasteiger partial charge is 0.361 e. The number of nitrogens with zero attached hydrogens (tertiary/aromatic N) is 4. The van der Waals surface area contributed by atoms with Crippen molar-refractivity contribution in [1.82, 2.24) is 40.5 Å². The lowest BCUT2D eigenvalue weighted by Gasteiger charge is -2.30. The second-order valence-corrected chi connectivity index (χ2v) is 13.1. The van der Waals surface area contributed by atoms with Crippen molar-refractivity contribution in [1.29, 1.82) is 0 Å². The van der Waals surface area contributed by atoms with E-state index in [0.717, 1.165) is 54.6 Å². The van der Waals surface area contributed by atoms with Crippen molar-refractivity contribution in [3.8, 4) is 0 Å². The fraction of sp³-hybridized carbons (Fsp3) is 0.472. The van der Waals surface area contributed by atoms with E-state index in [0.29, 0.717) is 0 Å². The zero-order chi connectivity index (χ0) is 34.9. The number of para-hydroxylation sites is 1. The van der Waals surface area contributed by atoms with Gasteiger partial charge in [0.2, 0.25) is 29.5 Å². The quantitative estimate of drug-likeness (QED) is 0.296. The second kappa shape index (κ2) is 16.6. The molecule has 2 aliphatic rings. The van der Waals surface area contributed by atoms with Gasteiger partial charge < -0.3 is 35.6 Å². The van der Waals surface area contributed by atoms with Gasteiger partial charge in [-0.3, -0.25) is 28.9 Å². The molecule has 2 aromatic carbocycles. The normalized spacial score (nSPS) is 22.9. The molecule has 262 valence electrons. The molecule has 5 rings (SSSR count). The summed E-state index contributed by atoms with van der Waals surface area (Å²) in [5, 5.41) is 9.52. The van der Waals surface area contributed by atoms with E-state index in [-0.39, 0.29) is 44.9 Å². The molecular formula is C36H48N8O5. The molecule has 4 N–H and O–H groups in total. The Morgan fingerprint density at radius 3 is 2.37 bits per heavy atom. The molecule has 13 nitrogen and oxygen atoms in total. The van der Waals surface area contributed by atoms with Crippen LogP contribution in [0.5, 0.6) is 0 Å². The molecule has 2 saturated heterocycles. The van der Waals surface area contributed by atoms with Crippen molar-refractivity contribution >= 4 is 40.4 Å². The molecule has 49 heavy (non-hydrogen) atoms. The molecule has 0 spiro atoms. The summed E-state index contributed by atoms with van der Waals surface area (Å²) in [5.41, 5.74) is 2.58. The third-order valence-corrected chi connectivity index (χ3v) is 9.50.